The van der Waals surface area contributed by atoms with Crippen molar-refractivity contribution in [3.63, 3.8) is 0 Å². The molecule has 60 valence electrons. The lowest BCUT2D eigenvalue weighted by atomic mass is 10.2. The summed E-state index contributed by atoms with van der Waals surface area (Å²) in [5, 5.41) is 0.467. The first-order valence-electron chi connectivity index (χ1n) is 3.01. The highest BCUT2D eigenvalue weighted by molar-refractivity contribution is 14.1. The van der Waals surface area contributed by atoms with Gasteiger partial charge in [-0.1, -0.05) is 17.7 Å². The van der Waals surface area contributed by atoms with Crippen molar-refractivity contribution in [1.29, 1.82) is 0 Å². The van der Waals surface area contributed by atoms with E-state index in [4.69, 9.17) is 11.6 Å². The van der Waals surface area contributed by atoms with E-state index in [0.717, 1.165) is 5.56 Å². The minimum atomic E-state index is -0.299. The largest absolute Gasteiger partial charge is 0.257 e. The maximum Gasteiger partial charge on any atom is 0.124 e. The van der Waals surface area contributed by atoms with Gasteiger partial charge in [-0.3, -0.25) is 3.53 Å². The third kappa shape index (κ3) is 2.57. The Morgan fingerprint density at radius 1 is 1.55 bits per heavy atom. The van der Waals surface area contributed by atoms with Crippen molar-refractivity contribution < 1.29 is 4.39 Å². The molecule has 0 unspecified atom stereocenters. The Labute approximate surface area is 83.4 Å². The molecule has 0 aliphatic carbocycles. The fourth-order valence-corrected chi connectivity index (χ4v) is 1.38. The summed E-state index contributed by atoms with van der Waals surface area (Å²) in [5.74, 6) is -0.299. The minimum absolute atomic E-state index is 0.299. The highest BCUT2D eigenvalue weighted by atomic mass is 127. The number of halogens is 3. The number of nitrogens with one attached hydrogen (secondary N) is 1. The van der Waals surface area contributed by atoms with Gasteiger partial charge in [0.2, 0.25) is 0 Å². The molecular weight excluding hydrogens is 279 g/mol. The summed E-state index contributed by atoms with van der Waals surface area (Å²) in [6, 6.07) is 4.38. The van der Waals surface area contributed by atoms with Gasteiger partial charge < -0.3 is 0 Å². The Kier molecular flexibility index (Phi) is 3.54. The average Bonchev–Trinajstić information content (AvgIpc) is 1.95. The quantitative estimate of drug-likeness (QED) is 0.651. The van der Waals surface area contributed by atoms with Gasteiger partial charge in [0, 0.05) is 34.4 Å². The topological polar surface area (TPSA) is 12.0 Å². The second-order valence-corrected chi connectivity index (χ2v) is 3.22. The van der Waals surface area contributed by atoms with Crippen molar-refractivity contribution in [1.82, 2.24) is 3.53 Å². The van der Waals surface area contributed by atoms with E-state index in [0.29, 0.717) is 11.6 Å². The molecule has 1 nitrogen and oxygen atoms in total. The van der Waals surface area contributed by atoms with Crippen LogP contribution in [-0.4, -0.2) is 0 Å². The van der Waals surface area contributed by atoms with E-state index in [9.17, 15) is 4.39 Å². The number of rotatable bonds is 2. The van der Waals surface area contributed by atoms with Crippen molar-refractivity contribution in [2.24, 2.45) is 0 Å². The summed E-state index contributed by atoms with van der Waals surface area (Å²) in [7, 11) is 0. The molecule has 0 saturated carbocycles. The lowest BCUT2D eigenvalue weighted by Gasteiger charge is -2.00. The molecule has 0 aliphatic heterocycles. The molecule has 1 N–H and O–H groups in total. The van der Waals surface area contributed by atoms with Gasteiger partial charge in [-0.25, -0.2) is 4.39 Å². The summed E-state index contributed by atoms with van der Waals surface area (Å²) in [6.45, 7) is 0.652. The van der Waals surface area contributed by atoms with Crippen LogP contribution < -0.4 is 3.53 Å². The molecule has 1 aromatic carbocycles. The summed E-state index contributed by atoms with van der Waals surface area (Å²) in [5.41, 5.74) is 0.905. The lowest BCUT2D eigenvalue weighted by Crippen LogP contribution is -1.98. The van der Waals surface area contributed by atoms with E-state index in [1.165, 1.54) is 12.1 Å². The molecule has 11 heavy (non-hydrogen) atoms. The first-order valence-corrected chi connectivity index (χ1v) is 4.47. The molecule has 0 radical (unpaired) electrons. The Bertz CT molecular complexity index is 254. The van der Waals surface area contributed by atoms with Crippen molar-refractivity contribution in [3.8, 4) is 0 Å². The van der Waals surface area contributed by atoms with Crippen LogP contribution in [0.5, 0.6) is 0 Å². The van der Waals surface area contributed by atoms with Crippen molar-refractivity contribution in [3.05, 3.63) is 34.6 Å². The number of hydrogen-bond donors (Lipinski definition) is 1. The van der Waals surface area contributed by atoms with Crippen molar-refractivity contribution >= 4 is 34.5 Å². The smallest absolute Gasteiger partial charge is 0.124 e. The molecule has 0 amide bonds. The van der Waals surface area contributed by atoms with Gasteiger partial charge in [-0.15, -0.1) is 0 Å². The Hall–Kier alpha value is 0.130. The van der Waals surface area contributed by atoms with Crippen molar-refractivity contribution in [2.75, 3.05) is 0 Å². The van der Waals surface area contributed by atoms with Gasteiger partial charge in [-0.2, -0.15) is 0 Å². The van der Waals surface area contributed by atoms with Gasteiger partial charge in [0.1, 0.15) is 5.82 Å². The van der Waals surface area contributed by atoms with Crippen LogP contribution in [0.2, 0.25) is 5.02 Å². The molecule has 0 heterocycles. The van der Waals surface area contributed by atoms with Gasteiger partial charge >= 0.3 is 0 Å². The van der Waals surface area contributed by atoms with Crippen molar-refractivity contribution in [2.45, 2.75) is 6.54 Å². The predicted octanol–water partition coefficient (Wildman–Crippen LogP) is 2.92. The van der Waals surface area contributed by atoms with Crippen LogP contribution in [0, 0.1) is 5.82 Å². The van der Waals surface area contributed by atoms with Gasteiger partial charge in [0.15, 0.2) is 0 Å². The summed E-state index contributed by atoms with van der Waals surface area (Å²) in [4.78, 5) is 0. The standard InChI is InChI=1S/C7H6ClFIN/c8-7-3-6(9)2-1-5(7)4-11-10/h1-3,11H,4H2. The first kappa shape index (κ1) is 9.22. The van der Waals surface area contributed by atoms with Crippen LogP contribution in [-0.2, 0) is 6.54 Å². The van der Waals surface area contributed by atoms with Crippen LogP contribution in [0.3, 0.4) is 0 Å². The summed E-state index contributed by atoms with van der Waals surface area (Å²) >= 11 is 7.74. The fourth-order valence-electron chi connectivity index (χ4n) is 0.737. The van der Waals surface area contributed by atoms with E-state index >= 15 is 0 Å². The maximum atomic E-state index is 12.5. The van der Waals surface area contributed by atoms with E-state index < -0.39 is 0 Å². The third-order valence-corrected chi connectivity index (χ3v) is 2.01. The minimum Gasteiger partial charge on any atom is -0.257 e. The molecule has 0 bridgehead atoms. The van der Waals surface area contributed by atoms with Gasteiger partial charge in [0.25, 0.3) is 0 Å². The van der Waals surface area contributed by atoms with E-state index in [2.05, 4.69) is 3.53 Å². The molecular formula is C7H6ClFIN. The first-order chi connectivity index (χ1) is 5.24. The SMILES string of the molecule is Fc1ccc(CNI)c(Cl)c1. The molecule has 0 atom stereocenters. The van der Waals surface area contributed by atoms with Crippen LogP contribution in [0.25, 0.3) is 0 Å². The van der Waals surface area contributed by atoms with Crippen LogP contribution >= 0.6 is 34.5 Å². The Balaban J connectivity index is 2.90. The highest BCUT2D eigenvalue weighted by Crippen LogP contribution is 2.16. The second kappa shape index (κ2) is 4.23. The number of hydrogen-bond acceptors (Lipinski definition) is 1. The average molecular weight is 285 g/mol. The molecule has 4 heteroatoms. The fraction of sp³-hybridized carbons (Fsp3) is 0.143. The van der Waals surface area contributed by atoms with Gasteiger partial charge in [-0.05, 0) is 17.7 Å². The molecule has 0 aromatic heterocycles. The predicted molar refractivity (Wildman–Crippen MR) is 52.3 cm³/mol. The van der Waals surface area contributed by atoms with Gasteiger partial charge in [0.05, 0.1) is 0 Å². The molecule has 0 spiro atoms. The lowest BCUT2D eigenvalue weighted by molar-refractivity contribution is 0.627. The molecule has 0 aliphatic rings. The third-order valence-electron chi connectivity index (χ3n) is 1.27. The molecule has 1 aromatic rings. The van der Waals surface area contributed by atoms with E-state index in [1.807, 2.05) is 22.9 Å². The monoisotopic (exact) mass is 285 g/mol. The Morgan fingerprint density at radius 2 is 2.27 bits per heavy atom. The zero-order valence-electron chi connectivity index (χ0n) is 5.57. The summed E-state index contributed by atoms with van der Waals surface area (Å²) < 4.78 is 15.4. The zero-order chi connectivity index (χ0) is 8.27. The summed E-state index contributed by atoms with van der Waals surface area (Å²) in [6.07, 6.45) is 0. The molecule has 1 rings (SSSR count). The second-order valence-electron chi connectivity index (χ2n) is 2.05. The maximum absolute atomic E-state index is 12.5. The normalized spacial score (nSPS) is 10.1. The van der Waals surface area contributed by atoms with Crippen LogP contribution in [0.1, 0.15) is 5.56 Å². The van der Waals surface area contributed by atoms with Crippen LogP contribution in [0.15, 0.2) is 18.2 Å². The van der Waals surface area contributed by atoms with Crippen LogP contribution in [0.4, 0.5) is 4.39 Å². The highest BCUT2D eigenvalue weighted by Gasteiger charge is 1.99. The van der Waals surface area contributed by atoms with E-state index in [1.54, 1.807) is 6.07 Å². The molecule has 0 fully saturated rings. The zero-order valence-corrected chi connectivity index (χ0v) is 8.49. The van der Waals surface area contributed by atoms with E-state index in [-0.39, 0.29) is 5.82 Å². The Morgan fingerprint density at radius 3 is 2.82 bits per heavy atom. The molecule has 0 saturated heterocycles. The number of benzene rings is 1.